The monoisotopic (exact) mass is 222 g/mol. The van der Waals surface area contributed by atoms with Crippen molar-refractivity contribution in [2.45, 2.75) is 51.0 Å². The van der Waals surface area contributed by atoms with Crippen molar-refractivity contribution in [3.63, 3.8) is 0 Å². The minimum absolute atomic E-state index is 0.715. The first kappa shape index (κ1) is 11.2. The van der Waals surface area contributed by atoms with Crippen molar-refractivity contribution < 1.29 is 9.90 Å². The summed E-state index contributed by atoms with van der Waals surface area (Å²) in [7, 11) is 0. The van der Waals surface area contributed by atoms with E-state index in [1.807, 2.05) is 17.7 Å². The van der Waals surface area contributed by atoms with E-state index in [1.54, 1.807) is 6.20 Å². The highest BCUT2D eigenvalue weighted by atomic mass is 16.4. The summed E-state index contributed by atoms with van der Waals surface area (Å²) in [6, 6.07) is 0. The molecule has 1 saturated carbocycles. The number of aliphatic carboxylic acids is 1. The number of hydrogen-bond acceptors (Lipinski definition) is 2. The molecule has 2 rings (SSSR count). The van der Waals surface area contributed by atoms with E-state index in [-0.39, 0.29) is 0 Å². The molecule has 88 valence electrons. The van der Waals surface area contributed by atoms with E-state index in [9.17, 15) is 9.90 Å². The van der Waals surface area contributed by atoms with Gasteiger partial charge in [0.1, 0.15) is 11.2 Å². The van der Waals surface area contributed by atoms with Crippen LogP contribution >= 0.6 is 0 Å². The Hall–Kier alpha value is -1.32. The van der Waals surface area contributed by atoms with Crippen molar-refractivity contribution in [3.05, 3.63) is 18.2 Å². The van der Waals surface area contributed by atoms with Crippen molar-refractivity contribution in [2.75, 3.05) is 0 Å². The lowest BCUT2D eigenvalue weighted by Crippen LogP contribution is -2.40. The normalized spacial score (nSPS) is 19.6. The molecule has 0 aromatic carbocycles. The SMILES string of the molecule is CCn1ccnc1C1(C(=O)O)CCCCC1. The number of imidazole rings is 1. The van der Waals surface area contributed by atoms with E-state index in [0.29, 0.717) is 0 Å². The van der Waals surface area contributed by atoms with Crippen LogP contribution in [-0.2, 0) is 16.8 Å². The van der Waals surface area contributed by atoms with Crippen LogP contribution in [0.25, 0.3) is 0 Å². The molecule has 1 fully saturated rings. The highest BCUT2D eigenvalue weighted by molar-refractivity contribution is 5.80. The molecule has 0 atom stereocenters. The van der Waals surface area contributed by atoms with Crippen molar-refractivity contribution >= 4 is 5.97 Å². The average Bonchev–Trinajstić information content (AvgIpc) is 2.78. The first-order chi connectivity index (χ1) is 7.70. The number of aryl methyl sites for hydroxylation is 1. The molecule has 0 aliphatic heterocycles. The van der Waals surface area contributed by atoms with Crippen LogP contribution < -0.4 is 0 Å². The third-order valence-electron chi connectivity index (χ3n) is 3.60. The van der Waals surface area contributed by atoms with Gasteiger partial charge in [0.05, 0.1) is 0 Å². The fraction of sp³-hybridized carbons (Fsp3) is 0.667. The van der Waals surface area contributed by atoms with Crippen LogP contribution in [0.2, 0.25) is 0 Å². The summed E-state index contributed by atoms with van der Waals surface area (Å²) >= 11 is 0. The molecule has 1 heterocycles. The summed E-state index contributed by atoms with van der Waals surface area (Å²) in [5, 5.41) is 9.53. The lowest BCUT2D eigenvalue weighted by atomic mass is 9.73. The zero-order valence-corrected chi connectivity index (χ0v) is 9.65. The van der Waals surface area contributed by atoms with Crippen LogP contribution in [0, 0.1) is 0 Å². The van der Waals surface area contributed by atoms with Gasteiger partial charge in [0.25, 0.3) is 0 Å². The summed E-state index contributed by atoms with van der Waals surface area (Å²) in [4.78, 5) is 15.9. The largest absolute Gasteiger partial charge is 0.480 e. The molecule has 0 radical (unpaired) electrons. The van der Waals surface area contributed by atoms with E-state index in [4.69, 9.17) is 0 Å². The fourth-order valence-electron chi connectivity index (χ4n) is 2.67. The Bertz CT molecular complexity index is 378. The molecule has 1 N–H and O–H groups in total. The van der Waals surface area contributed by atoms with Crippen LogP contribution in [0.3, 0.4) is 0 Å². The molecule has 0 bridgehead atoms. The van der Waals surface area contributed by atoms with Crippen LogP contribution in [0.5, 0.6) is 0 Å². The third-order valence-corrected chi connectivity index (χ3v) is 3.60. The second kappa shape index (κ2) is 4.28. The Morgan fingerprint density at radius 3 is 2.75 bits per heavy atom. The lowest BCUT2D eigenvalue weighted by Gasteiger charge is -2.32. The maximum absolute atomic E-state index is 11.6. The predicted molar refractivity (Wildman–Crippen MR) is 60.3 cm³/mol. The molecule has 4 heteroatoms. The van der Waals surface area contributed by atoms with Gasteiger partial charge in [0.2, 0.25) is 0 Å². The lowest BCUT2D eigenvalue weighted by molar-refractivity contribution is -0.145. The second-order valence-electron chi connectivity index (χ2n) is 4.48. The first-order valence-electron chi connectivity index (χ1n) is 5.96. The smallest absolute Gasteiger partial charge is 0.317 e. The Morgan fingerprint density at radius 2 is 2.19 bits per heavy atom. The summed E-state index contributed by atoms with van der Waals surface area (Å²) in [5.74, 6) is 0.0234. The fourth-order valence-corrected chi connectivity index (χ4v) is 2.67. The molecule has 4 nitrogen and oxygen atoms in total. The quantitative estimate of drug-likeness (QED) is 0.852. The van der Waals surface area contributed by atoms with Crippen molar-refractivity contribution in [1.29, 1.82) is 0 Å². The molecule has 16 heavy (non-hydrogen) atoms. The minimum Gasteiger partial charge on any atom is -0.480 e. The maximum Gasteiger partial charge on any atom is 0.317 e. The summed E-state index contributed by atoms with van der Waals surface area (Å²) < 4.78 is 1.96. The van der Waals surface area contributed by atoms with Gasteiger partial charge < -0.3 is 9.67 Å². The van der Waals surface area contributed by atoms with Crippen molar-refractivity contribution in [3.8, 4) is 0 Å². The summed E-state index contributed by atoms with van der Waals surface area (Å²) in [5.41, 5.74) is -0.738. The number of carboxylic acids is 1. The molecule has 1 aromatic rings. The second-order valence-corrected chi connectivity index (χ2v) is 4.48. The van der Waals surface area contributed by atoms with Crippen LogP contribution in [0.4, 0.5) is 0 Å². The zero-order valence-electron chi connectivity index (χ0n) is 9.65. The summed E-state index contributed by atoms with van der Waals surface area (Å²) in [6.07, 6.45) is 8.14. The van der Waals surface area contributed by atoms with E-state index in [0.717, 1.165) is 44.5 Å². The Balaban J connectivity index is 2.42. The molecular weight excluding hydrogens is 204 g/mol. The van der Waals surface area contributed by atoms with Gasteiger partial charge in [-0.3, -0.25) is 4.79 Å². The van der Waals surface area contributed by atoms with Gasteiger partial charge in [-0.2, -0.15) is 0 Å². The van der Waals surface area contributed by atoms with Crippen LogP contribution in [0.15, 0.2) is 12.4 Å². The standard InChI is InChI=1S/C12H18N2O2/c1-2-14-9-8-13-10(14)12(11(15)16)6-4-3-5-7-12/h8-9H,2-7H2,1H3,(H,15,16). The van der Waals surface area contributed by atoms with Crippen molar-refractivity contribution in [1.82, 2.24) is 9.55 Å². The van der Waals surface area contributed by atoms with E-state index in [2.05, 4.69) is 4.98 Å². The Morgan fingerprint density at radius 1 is 1.50 bits per heavy atom. The number of nitrogens with zero attached hydrogens (tertiary/aromatic N) is 2. The Labute approximate surface area is 95.3 Å². The van der Waals surface area contributed by atoms with Crippen molar-refractivity contribution in [2.24, 2.45) is 0 Å². The zero-order chi connectivity index (χ0) is 11.6. The number of hydrogen-bond donors (Lipinski definition) is 1. The molecule has 1 aliphatic carbocycles. The predicted octanol–water partition coefficient (Wildman–Crippen LogP) is 2.19. The average molecular weight is 222 g/mol. The van der Waals surface area contributed by atoms with Gasteiger partial charge in [-0.1, -0.05) is 19.3 Å². The molecule has 0 amide bonds. The first-order valence-corrected chi connectivity index (χ1v) is 5.96. The van der Waals surface area contributed by atoms with E-state index in [1.165, 1.54) is 0 Å². The van der Waals surface area contributed by atoms with Crippen LogP contribution in [0.1, 0.15) is 44.9 Å². The van der Waals surface area contributed by atoms with Gasteiger partial charge in [0.15, 0.2) is 0 Å². The summed E-state index contributed by atoms with van der Waals surface area (Å²) in [6.45, 7) is 2.80. The molecule has 1 aliphatic rings. The molecule has 0 spiro atoms. The van der Waals surface area contributed by atoms with Gasteiger partial charge in [-0.05, 0) is 19.8 Å². The van der Waals surface area contributed by atoms with E-state index < -0.39 is 11.4 Å². The molecule has 0 unspecified atom stereocenters. The minimum atomic E-state index is -0.738. The molecule has 1 aromatic heterocycles. The highest BCUT2D eigenvalue weighted by Crippen LogP contribution is 2.38. The number of carbonyl (C=O) groups is 1. The van der Waals surface area contributed by atoms with Gasteiger partial charge in [-0.25, -0.2) is 4.98 Å². The maximum atomic E-state index is 11.6. The topological polar surface area (TPSA) is 55.1 Å². The molecular formula is C12H18N2O2. The molecule has 0 saturated heterocycles. The van der Waals surface area contributed by atoms with E-state index >= 15 is 0 Å². The van der Waals surface area contributed by atoms with Gasteiger partial charge >= 0.3 is 5.97 Å². The number of rotatable bonds is 3. The Kier molecular flexibility index (Phi) is 2.99. The van der Waals surface area contributed by atoms with Crippen LogP contribution in [-0.4, -0.2) is 20.6 Å². The number of aromatic nitrogens is 2. The highest BCUT2D eigenvalue weighted by Gasteiger charge is 2.44. The number of carboxylic acid groups (broad SMARTS) is 1. The van der Waals surface area contributed by atoms with Gasteiger partial charge in [-0.15, -0.1) is 0 Å². The third kappa shape index (κ3) is 1.62. The van der Waals surface area contributed by atoms with Gasteiger partial charge in [0, 0.05) is 18.9 Å².